The number of aryl methyl sites for hydroxylation is 1. The van der Waals surface area contributed by atoms with Gasteiger partial charge >= 0.3 is 0 Å². The van der Waals surface area contributed by atoms with E-state index in [4.69, 9.17) is 19.2 Å². The van der Waals surface area contributed by atoms with Crippen LogP contribution in [0.1, 0.15) is 30.9 Å². The molecule has 1 heterocycles. The Hall–Kier alpha value is -3.45. The van der Waals surface area contributed by atoms with Crippen LogP contribution in [0.4, 0.5) is 0 Å². The Morgan fingerprint density at radius 1 is 0.971 bits per heavy atom. The van der Waals surface area contributed by atoms with Crippen molar-refractivity contribution >= 4 is 22.7 Å². The molecule has 0 fully saturated rings. The van der Waals surface area contributed by atoms with Gasteiger partial charge in [0.05, 0.1) is 37.4 Å². The molecule has 0 unspecified atom stereocenters. The third-order valence-corrected chi connectivity index (χ3v) is 6.72. The quantitative estimate of drug-likeness (QED) is 0.163. The van der Waals surface area contributed by atoms with Gasteiger partial charge in [-0.15, -0.1) is 0 Å². The van der Waals surface area contributed by atoms with E-state index in [9.17, 15) is 4.79 Å². The lowest BCUT2D eigenvalue weighted by Gasteiger charge is -2.17. The van der Waals surface area contributed by atoms with Crippen LogP contribution in [0.25, 0.3) is 16.6 Å². The van der Waals surface area contributed by atoms with Gasteiger partial charge in [-0.3, -0.25) is 9.36 Å². The molecule has 0 N–H and O–H groups in total. The van der Waals surface area contributed by atoms with Crippen molar-refractivity contribution in [3.63, 3.8) is 0 Å². The normalized spacial score (nSPS) is 11.1. The molecule has 1 aromatic heterocycles. The Bertz CT molecular complexity index is 1400. The number of rotatable bonds is 9. The largest absolute Gasteiger partial charge is 0.497 e. The van der Waals surface area contributed by atoms with Gasteiger partial charge in [-0.05, 0) is 60.4 Å². The molecule has 6 nitrogen and oxygen atoms in total. The van der Waals surface area contributed by atoms with Gasteiger partial charge in [-0.25, -0.2) is 4.98 Å². The predicted molar refractivity (Wildman–Crippen MR) is 142 cm³/mol. The molecule has 0 radical (unpaired) electrons. The molecular weight excluding hydrogens is 460 g/mol. The van der Waals surface area contributed by atoms with E-state index in [2.05, 4.69) is 32.9 Å². The van der Waals surface area contributed by atoms with Crippen molar-refractivity contribution in [2.75, 3.05) is 26.6 Å². The van der Waals surface area contributed by atoms with E-state index in [1.807, 2.05) is 24.3 Å². The first-order valence-electron chi connectivity index (χ1n) is 11.5. The van der Waals surface area contributed by atoms with Gasteiger partial charge < -0.3 is 14.2 Å². The Balaban J connectivity index is 1.64. The van der Waals surface area contributed by atoms with Crippen LogP contribution in [-0.4, -0.2) is 36.1 Å². The standard InChI is InChI=1S/C28H30N2O4S/c1-18(2)22-12-10-21(16-19(22)3)34-14-15-35-28-29-24-9-7-6-8-23(24)27(31)30(28)25-17-20(32-4)11-13-26(25)33-5/h6-13,16-18H,14-15H2,1-5H3. The predicted octanol–water partition coefficient (Wildman–Crippen LogP) is 6.01. The number of nitrogens with zero attached hydrogens (tertiary/aromatic N) is 2. The van der Waals surface area contributed by atoms with Crippen LogP contribution in [0.15, 0.2) is 70.6 Å². The lowest BCUT2D eigenvalue weighted by atomic mass is 9.98. The minimum Gasteiger partial charge on any atom is -0.497 e. The Morgan fingerprint density at radius 2 is 1.74 bits per heavy atom. The molecule has 0 aliphatic heterocycles. The van der Waals surface area contributed by atoms with Gasteiger partial charge in [-0.2, -0.15) is 0 Å². The molecule has 7 heteroatoms. The van der Waals surface area contributed by atoms with E-state index < -0.39 is 0 Å². The van der Waals surface area contributed by atoms with Crippen molar-refractivity contribution in [2.24, 2.45) is 0 Å². The van der Waals surface area contributed by atoms with Crippen LogP contribution in [0.2, 0.25) is 0 Å². The van der Waals surface area contributed by atoms with E-state index in [0.29, 0.717) is 51.5 Å². The fraction of sp³-hybridized carbons (Fsp3) is 0.286. The second-order valence-corrected chi connectivity index (χ2v) is 9.52. The number of thioether (sulfide) groups is 1. The molecule has 0 amide bonds. The zero-order valence-electron chi connectivity index (χ0n) is 20.7. The van der Waals surface area contributed by atoms with Crippen molar-refractivity contribution in [2.45, 2.75) is 31.8 Å². The van der Waals surface area contributed by atoms with E-state index in [1.165, 1.54) is 22.9 Å². The van der Waals surface area contributed by atoms with Gasteiger partial charge in [0, 0.05) is 11.8 Å². The second-order valence-electron chi connectivity index (χ2n) is 8.46. The maximum Gasteiger partial charge on any atom is 0.266 e. The second kappa shape index (κ2) is 10.9. The first-order valence-corrected chi connectivity index (χ1v) is 12.5. The van der Waals surface area contributed by atoms with Crippen LogP contribution < -0.4 is 19.8 Å². The monoisotopic (exact) mass is 490 g/mol. The van der Waals surface area contributed by atoms with Crippen LogP contribution in [-0.2, 0) is 0 Å². The number of fused-ring (bicyclic) bond motifs is 1. The molecule has 0 saturated carbocycles. The molecule has 4 aromatic rings. The number of benzene rings is 3. The lowest BCUT2D eigenvalue weighted by Crippen LogP contribution is -2.22. The lowest BCUT2D eigenvalue weighted by molar-refractivity contribution is 0.343. The van der Waals surface area contributed by atoms with Crippen molar-refractivity contribution < 1.29 is 14.2 Å². The fourth-order valence-corrected chi connectivity index (χ4v) is 4.89. The molecule has 182 valence electrons. The zero-order chi connectivity index (χ0) is 24.9. The van der Waals surface area contributed by atoms with Gasteiger partial charge in [0.25, 0.3) is 5.56 Å². The number of aromatic nitrogens is 2. The summed E-state index contributed by atoms with van der Waals surface area (Å²) in [5, 5.41) is 1.11. The van der Waals surface area contributed by atoms with Crippen molar-refractivity contribution in [3.05, 3.63) is 82.1 Å². The topological polar surface area (TPSA) is 62.6 Å². The average molecular weight is 491 g/mol. The van der Waals surface area contributed by atoms with E-state index in [0.717, 1.165) is 5.75 Å². The SMILES string of the molecule is COc1ccc(OC)c(-n2c(SCCOc3ccc(C(C)C)c(C)c3)nc3ccccc3c2=O)c1. The van der Waals surface area contributed by atoms with E-state index >= 15 is 0 Å². The van der Waals surface area contributed by atoms with E-state index in [-0.39, 0.29) is 5.56 Å². The molecule has 0 bridgehead atoms. The maximum atomic E-state index is 13.6. The zero-order valence-corrected chi connectivity index (χ0v) is 21.5. The summed E-state index contributed by atoms with van der Waals surface area (Å²) in [5.74, 6) is 3.11. The minimum atomic E-state index is -0.162. The van der Waals surface area contributed by atoms with Crippen LogP contribution in [0.5, 0.6) is 17.2 Å². The van der Waals surface area contributed by atoms with Gasteiger partial charge in [0.15, 0.2) is 5.16 Å². The summed E-state index contributed by atoms with van der Waals surface area (Å²) in [6.45, 7) is 6.96. The average Bonchev–Trinajstić information content (AvgIpc) is 2.86. The molecule has 0 aliphatic rings. The van der Waals surface area contributed by atoms with Gasteiger partial charge in [-0.1, -0.05) is 43.8 Å². The summed E-state index contributed by atoms with van der Waals surface area (Å²) < 4.78 is 18.6. The highest BCUT2D eigenvalue weighted by Gasteiger charge is 2.17. The van der Waals surface area contributed by atoms with Crippen LogP contribution in [0.3, 0.4) is 0 Å². The summed E-state index contributed by atoms with van der Waals surface area (Å²) in [6, 6.07) is 18.9. The first-order chi connectivity index (χ1) is 16.9. The number of hydrogen-bond donors (Lipinski definition) is 0. The summed E-state index contributed by atoms with van der Waals surface area (Å²) >= 11 is 1.47. The molecule has 35 heavy (non-hydrogen) atoms. The Morgan fingerprint density at radius 3 is 2.46 bits per heavy atom. The molecule has 0 spiro atoms. The molecule has 0 aliphatic carbocycles. The van der Waals surface area contributed by atoms with Crippen LogP contribution >= 0.6 is 11.8 Å². The van der Waals surface area contributed by atoms with Crippen molar-refractivity contribution in [1.29, 1.82) is 0 Å². The summed E-state index contributed by atoms with van der Waals surface area (Å²) in [4.78, 5) is 18.4. The van der Waals surface area contributed by atoms with Crippen molar-refractivity contribution in [1.82, 2.24) is 9.55 Å². The fourth-order valence-electron chi connectivity index (χ4n) is 4.07. The molecule has 3 aromatic carbocycles. The number of para-hydroxylation sites is 1. The maximum absolute atomic E-state index is 13.6. The molecule has 0 atom stereocenters. The highest BCUT2D eigenvalue weighted by atomic mass is 32.2. The van der Waals surface area contributed by atoms with Crippen molar-refractivity contribution in [3.8, 4) is 22.9 Å². The number of methoxy groups -OCH3 is 2. The van der Waals surface area contributed by atoms with Gasteiger partial charge in [0.1, 0.15) is 17.2 Å². The molecule has 4 rings (SSSR count). The highest BCUT2D eigenvalue weighted by molar-refractivity contribution is 7.99. The Kier molecular flexibility index (Phi) is 7.66. The highest BCUT2D eigenvalue weighted by Crippen LogP contribution is 2.31. The van der Waals surface area contributed by atoms with E-state index in [1.54, 1.807) is 43.1 Å². The smallest absolute Gasteiger partial charge is 0.266 e. The van der Waals surface area contributed by atoms with Gasteiger partial charge in [0.2, 0.25) is 0 Å². The van der Waals surface area contributed by atoms with Crippen LogP contribution in [0, 0.1) is 6.92 Å². The summed E-state index contributed by atoms with van der Waals surface area (Å²) in [6.07, 6.45) is 0. The number of hydrogen-bond acceptors (Lipinski definition) is 6. The Labute approximate surface area is 209 Å². The molecular formula is C28H30N2O4S. The summed E-state index contributed by atoms with van der Waals surface area (Å²) in [5.41, 5.74) is 3.62. The molecule has 0 saturated heterocycles. The minimum absolute atomic E-state index is 0.162. The summed E-state index contributed by atoms with van der Waals surface area (Å²) in [7, 11) is 3.17. The third kappa shape index (κ3) is 5.30. The third-order valence-electron chi connectivity index (χ3n) is 5.82. The number of ether oxygens (including phenoxy) is 3. The first kappa shape index (κ1) is 24.7.